The first kappa shape index (κ1) is 21.8. The minimum absolute atomic E-state index is 0.247. The number of imidazole rings is 1. The molecule has 4 aromatic heterocycles. The lowest BCUT2D eigenvalue weighted by molar-refractivity contribution is 0.228. The molecule has 8 nitrogen and oxygen atoms in total. The van der Waals surface area contributed by atoms with E-state index in [-0.39, 0.29) is 5.95 Å². The Morgan fingerprint density at radius 3 is 2.56 bits per heavy atom. The number of hydrogen-bond acceptors (Lipinski definition) is 6. The number of nitrogens with one attached hydrogen (secondary N) is 1. The number of aromatic nitrogens is 6. The van der Waals surface area contributed by atoms with Crippen molar-refractivity contribution in [1.29, 1.82) is 0 Å². The van der Waals surface area contributed by atoms with Crippen LogP contribution in [0.15, 0.2) is 42.9 Å². The summed E-state index contributed by atoms with van der Waals surface area (Å²) in [6, 6.07) is 6.26. The van der Waals surface area contributed by atoms with Gasteiger partial charge in [0.1, 0.15) is 11.3 Å². The van der Waals surface area contributed by atoms with E-state index in [1.807, 2.05) is 38.2 Å². The third kappa shape index (κ3) is 4.17. The number of pyridine rings is 1. The van der Waals surface area contributed by atoms with Crippen LogP contribution in [0, 0.1) is 6.92 Å². The van der Waals surface area contributed by atoms with Crippen LogP contribution in [-0.2, 0) is 0 Å². The van der Waals surface area contributed by atoms with Crippen molar-refractivity contribution in [2.24, 2.45) is 0 Å². The predicted molar refractivity (Wildman–Crippen MR) is 129 cm³/mol. The van der Waals surface area contributed by atoms with Gasteiger partial charge in [0.05, 0.1) is 17.4 Å². The van der Waals surface area contributed by atoms with Gasteiger partial charge < -0.3 is 15.6 Å². The first-order chi connectivity index (χ1) is 15.2. The lowest BCUT2D eigenvalue weighted by Gasteiger charge is -2.40. The average molecular weight is 433 g/mol. The van der Waals surface area contributed by atoms with Crippen molar-refractivity contribution in [3.8, 4) is 11.3 Å². The lowest BCUT2D eigenvalue weighted by atomic mass is 9.78. The van der Waals surface area contributed by atoms with Crippen LogP contribution < -0.4 is 11.1 Å². The molecule has 0 aliphatic heterocycles. The Kier molecular flexibility index (Phi) is 5.62. The first-order valence-corrected chi connectivity index (χ1v) is 11.1. The quantitative estimate of drug-likeness (QED) is 0.486. The Labute approximate surface area is 188 Å². The van der Waals surface area contributed by atoms with Crippen molar-refractivity contribution < 1.29 is 0 Å². The molecule has 0 aromatic carbocycles. The van der Waals surface area contributed by atoms with E-state index in [0.717, 1.165) is 39.5 Å². The summed E-state index contributed by atoms with van der Waals surface area (Å²) in [4.78, 5) is 13.5. The maximum absolute atomic E-state index is 5.63. The van der Waals surface area contributed by atoms with Gasteiger partial charge in [0.25, 0.3) is 0 Å². The number of nitrogens with zero attached hydrogens (tertiary/aromatic N) is 6. The molecule has 4 heterocycles. The van der Waals surface area contributed by atoms with Gasteiger partial charge in [0, 0.05) is 29.0 Å². The Hall–Kier alpha value is -3.42. The summed E-state index contributed by atoms with van der Waals surface area (Å²) in [5.41, 5.74) is 11.6. The van der Waals surface area contributed by atoms with E-state index in [4.69, 9.17) is 10.7 Å². The minimum atomic E-state index is 0.247. The van der Waals surface area contributed by atoms with Crippen LogP contribution in [0.1, 0.15) is 58.8 Å². The molecule has 0 saturated heterocycles. The maximum Gasteiger partial charge on any atom is 0.238 e. The van der Waals surface area contributed by atoms with E-state index in [1.165, 1.54) is 19.3 Å². The molecule has 0 spiro atoms. The molecule has 0 amide bonds. The summed E-state index contributed by atoms with van der Waals surface area (Å²) in [5.74, 6) is 1.22. The van der Waals surface area contributed by atoms with Crippen molar-refractivity contribution in [3.63, 3.8) is 0 Å². The number of hydrogen-bond donors (Lipinski definition) is 2. The minimum Gasteiger partial charge on any atom is -0.384 e. The van der Waals surface area contributed by atoms with Gasteiger partial charge in [-0.05, 0) is 72.1 Å². The molecule has 1 fully saturated rings. The zero-order valence-electron chi connectivity index (χ0n) is 19.6. The van der Waals surface area contributed by atoms with Gasteiger partial charge in [-0.3, -0.25) is 0 Å². The molecule has 168 valence electrons. The zero-order valence-corrected chi connectivity index (χ0v) is 19.6. The van der Waals surface area contributed by atoms with Gasteiger partial charge in [-0.15, -0.1) is 5.10 Å². The van der Waals surface area contributed by atoms with Crippen LogP contribution in [0.4, 0.5) is 5.95 Å². The second-order valence-corrected chi connectivity index (χ2v) is 9.16. The molecule has 0 radical (unpaired) electrons. The second kappa shape index (κ2) is 8.26. The smallest absolute Gasteiger partial charge is 0.238 e. The summed E-state index contributed by atoms with van der Waals surface area (Å²) in [6.07, 6.45) is 7.56. The van der Waals surface area contributed by atoms with Crippen LogP contribution in [0.2, 0.25) is 0 Å². The Bertz CT molecular complexity index is 1280. The van der Waals surface area contributed by atoms with Gasteiger partial charge in [0.2, 0.25) is 5.95 Å². The number of rotatable bonds is 4. The molecule has 32 heavy (non-hydrogen) atoms. The molecular weight excluding hydrogens is 400 g/mol. The van der Waals surface area contributed by atoms with Gasteiger partial charge >= 0.3 is 0 Å². The molecule has 5 rings (SSSR count). The molecule has 8 heteroatoms. The molecule has 1 aliphatic carbocycles. The number of nitrogens with two attached hydrogens (primary N) is 1. The fourth-order valence-corrected chi connectivity index (χ4v) is 4.33. The van der Waals surface area contributed by atoms with E-state index in [9.17, 15) is 0 Å². The van der Waals surface area contributed by atoms with E-state index >= 15 is 0 Å². The molecule has 0 atom stereocenters. The SMILES string of the molecule is C=C(C)NC1(C)CCC1.Cc1nc2ccc(-c3ccn4nc(N)ncc34)nc2n1C(C)C. The molecular formula is C24H32N8. The number of fused-ring (bicyclic) bond motifs is 2. The number of aryl methyl sites for hydroxylation is 1. The summed E-state index contributed by atoms with van der Waals surface area (Å²) in [7, 11) is 0. The molecule has 1 aliphatic rings. The fourth-order valence-electron chi connectivity index (χ4n) is 4.33. The second-order valence-electron chi connectivity index (χ2n) is 9.16. The molecule has 1 saturated carbocycles. The molecule has 0 unspecified atom stereocenters. The fraction of sp³-hybridized carbons (Fsp3) is 0.417. The van der Waals surface area contributed by atoms with Crippen LogP contribution in [0.3, 0.4) is 0 Å². The largest absolute Gasteiger partial charge is 0.384 e. The molecule has 0 bridgehead atoms. The number of nitrogen functional groups attached to an aromatic ring is 1. The summed E-state index contributed by atoms with van der Waals surface area (Å²) < 4.78 is 3.86. The lowest BCUT2D eigenvalue weighted by Crippen LogP contribution is -2.46. The highest BCUT2D eigenvalue weighted by molar-refractivity contribution is 5.82. The maximum atomic E-state index is 5.63. The van der Waals surface area contributed by atoms with E-state index in [2.05, 4.69) is 52.3 Å². The van der Waals surface area contributed by atoms with E-state index in [0.29, 0.717) is 11.6 Å². The van der Waals surface area contributed by atoms with Crippen LogP contribution >= 0.6 is 0 Å². The van der Waals surface area contributed by atoms with Crippen molar-refractivity contribution in [3.05, 3.63) is 48.7 Å². The predicted octanol–water partition coefficient (Wildman–Crippen LogP) is 4.66. The highest BCUT2D eigenvalue weighted by Crippen LogP contribution is 2.31. The summed E-state index contributed by atoms with van der Waals surface area (Å²) >= 11 is 0. The molecule has 3 N–H and O–H groups in total. The first-order valence-electron chi connectivity index (χ1n) is 11.1. The van der Waals surface area contributed by atoms with Crippen LogP contribution in [-0.4, -0.2) is 34.7 Å². The number of allylic oxidation sites excluding steroid dienone is 1. The number of anilines is 1. The van der Waals surface area contributed by atoms with Crippen molar-refractivity contribution in [2.45, 2.75) is 65.5 Å². The Morgan fingerprint density at radius 1 is 1.22 bits per heavy atom. The topological polar surface area (TPSA) is 98.9 Å². The van der Waals surface area contributed by atoms with Gasteiger partial charge in [-0.1, -0.05) is 6.58 Å². The highest BCUT2D eigenvalue weighted by Gasteiger charge is 2.30. The van der Waals surface area contributed by atoms with E-state index < -0.39 is 0 Å². The third-order valence-corrected chi connectivity index (χ3v) is 5.91. The van der Waals surface area contributed by atoms with E-state index in [1.54, 1.807) is 10.7 Å². The molecule has 4 aromatic rings. The Balaban J connectivity index is 0.000000230. The van der Waals surface area contributed by atoms with Crippen LogP contribution in [0.5, 0.6) is 0 Å². The third-order valence-electron chi connectivity index (χ3n) is 5.91. The average Bonchev–Trinajstić information content (AvgIpc) is 3.25. The normalized spacial score (nSPS) is 14.8. The van der Waals surface area contributed by atoms with Crippen LogP contribution in [0.25, 0.3) is 27.9 Å². The van der Waals surface area contributed by atoms with Gasteiger partial charge in [-0.25, -0.2) is 19.5 Å². The van der Waals surface area contributed by atoms with Gasteiger partial charge in [-0.2, -0.15) is 0 Å². The Morgan fingerprint density at radius 2 is 1.97 bits per heavy atom. The van der Waals surface area contributed by atoms with Gasteiger partial charge in [0.15, 0.2) is 5.65 Å². The summed E-state index contributed by atoms with van der Waals surface area (Å²) in [6.45, 7) is 14.4. The highest BCUT2D eigenvalue weighted by atomic mass is 15.3. The monoisotopic (exact) mass is 432 g/mol. The summed E-state index contributed by atoms with van der Waals surface area (Å²) in [5, 5.41) is 7.53. The van der Waals surface area contributed by atoms with Crippen molar-refractivity contribution in [1.82, 2.24) is 34.4 Å². The van der Waals surface area contributed by atoms with Crippen molar-refractivity contribution >= 4 is 22.6 Å². The van der Waals surface area contributed by atoms with Crippen molar-refractivity contribution in [2.75, 3.05) is 5.73 Å². The zero-order chi connectivity index (χ0) is 23.0. The standard InChI is InChI=1S/C16H17N7.C8H15N/c1-9(2)23-10(3)19-13-5-4-12(20-15(13)23)11-6-7-22-14(11)8-18-16(17)21-22;1-7(2)9-8(3)5-4-6-8/h4-9H,1-3H3,(H2,17,21);9H,1,4-6H2,2-3H3.